The average molecular weight is 240 g/mol. The molecule has 1 rings (SSSR count). The highest BCUT2D eigenvalue weighted by Crippen LogP contribution is 2.21. The summed E-state index contributed by atoms with van der Waals surface area (Å²) in [6.07, 6.45) is -4.26. The normalized spacial score (nSPS) is 11.7. The number of phenolic OH excluding ortho intramolecular Hbond substituents is 1. The molecule has 0 atom stereocenters. The lowest BCUT2D eigenvalue weighted by molar-refractivity contribution is -0.125. The molecule has 0 saturated heterocycles. The summed E-state index contributed by atoms with van der Waals surface area (Å²) >= 11 is 5.62. The molecule has 0 radical (unpaired) electrons. The second-order valence-electron chi connectivity index (χ2n) is 2.99. The molecule has 1 aromatic carbocycles. The summed E-state index contributed by atoms with van der Waals surface area (Å²) in [5.41, 5.74) is 0.340. The fraction of sp³-hybridized carbons (Fsp3) is 0.333. The lowest BCUT2D eigenvalue weighted by Gasteiger charge is -2.09. The van der Waals surface area contributed by atoms with Crippen molar-refractivity contribution in [1.82, 2.24) is 5.32 Å². The van der Waals surface area contributed by atoms with E-state index < -0.39 is 12.7 Å². The first kappa shape index (κ1) is 12.1. The summed E-state index contributed by atoms with van der Waals surface area (Å²) in [4.78, 5) is 0. The molecular weight excluding hydrogens is 231 g/mol. The summed E-state index contributed by atoms with van der Waals surface area (Å²) in [5, 5.41) is 11.8. The average Bonchev–Trinajstić information content (AvgIpc) is 2.09. The lowest BCUT2D eigenvalue weighted by Crippen LogP contribution is -2.28. The van der Waals surface area contributed by atoms with E-state index in [1.165, 1.54) is 18.2 Å². The third-order valence-corrected chi connectivity index (χ3v) is 1.92. The molecule has 0 bridgehead atoms. The monoisotopic (exact) mass is 239 g/mol. The van der Waals surface area contributed by atoms with E-state index in [1.807, 2.05) is 0 Å². The van der Waals surface area contributed by atoms with Crippen LogP contribution in [-0.2, 0) is 6.54 Å². The standard InChI is InChI=1S/C9H9ClF3NO/c10-7-1-2-8(15)6(3-7)4-14-5-9(11,12)13/h1-3,14-15H,4-5H2. The molecule has 1 aromatic rings. The van der Waals surface area contributed by atoms with Crippen LogP contribution in [0.3, 0.4) is 0 Å². The van der Waals surface area contributed by atoms with Crippen LogP contribution in [0.4, 0.5) is 13.2 Å². The van der Waals surface area contributed by atoms with Crippen LogP contribution in [0, 0.1) is 0 Å². The summed E-state index contributed by atoms with van der Waals surface area (Å²) in [6, 6.07) is 4.22. The first-order valence-corrected chi connectivity index (χ1v) is 4.51. The van der Waals surface area contributed by atoms with Crippen molar-refractivity contribution in [3.63, 3.8) is 0 Å². The number of alkyl halides is 3. The number of rotatable bonds is 3. The minimum atomic E-state index is -4.26. The first-order chi connectivity index (χ1) is 6.88. The highest BCUT2D eigenvalue weighted by atomic mass is 35.5. The van der Waals surface area contributed by atoms with Gasteiger partial charge in [-0.2, -0.15) is 13.2 Å². The van der Waals surface area contributed by atoms with Crippen LogP contribution in [0.1, 0.15) is 5.56 Å². The highest BCUT2D eigenvalue weighted by molar-refractivity contribution is 6.30. The minimum Gasteiger partial charge on any atom is -0.508 e. The molecule has 0 saturated carbocycles. The van der Waals surface area contributed by atoms with Crippen molar-refractivity contribution in [3.8, 4) is 5.75 Å². The predicted molar refractivity (Wildman–Crippen MR) is 50.9 cm³/mol. The van der Waals surface area contributed by atoms with Gasteiger partial charge in [-0.1, -0.05) is 11.6 Å². The lowest BCUT2D eigenvalue weighted by atomic mass is 10.2. The molecule has 0 unspecified atom stereocenters. The zero-order chi connectivity index (χ0) is 11.5. The number of phenols is 1. The van der Waals surface area contributed by atoms with E-state index in [4.69, 9.17) is 11.6 Å². The molecule has 0 fully saturated rings. The molecule has 15 heavy (non-hydrogen) atoms. The van der Waals surface area contributed by atoms with Crippen molar-refractivity contribution in [2.24, 2.45) is 0 Å². The molecule has 0 spiro atoms. The number of benzene rings is 1. The summed E-state index contributed by atoms with van der Waals surface area (Å²) in [7, 11) is 0. The van der Waals surface area contributed by atoms with E-state index in [1.54, 1.807) is 0 Å². The molecule has 0 aliphatic heterocycles. The van der Waals surface area contributed by atoms with E-state index >= 15 is 0 Å². The third-order valence-electron chi connectivity index (χ3n) is 1.68. The number of aromatic hydroxyl groups is 1. The van der Waals surface area contributed by atoms with Crippen LogP contribution in [0.25, 0.3) is 0 Å². The maximum atomic E-state index is 11.8. The fourth-order valence-corrected chi connectivity index (χ4v) is 1.23. The Kier molecular flexibility index (Phi) is 3.82. The number of hydrogen-bond acceptors (Lipinski definition) is 2. The Morgan fingerprint density at radius 2 is 2.00 bits per heavy atom. The van der Waals surface area contributed by atoms with Gasteiger partial charge in [0.05, 0.1) is 6.54 Å². The Bertz CT molecular complexity index is 341. The molecular formula is C9H9ClF3NO. The molecule has 0 aliphatic carbocycles. The van der Waals surface area contributed by atoms with Gasteiger partial charge >= 0.3 is 6.18 Å². The SMILES string of the molecule is Oc1ccc(Cl)cc1CNCC(F)(F)F. The Morgan fingerprint density at radius 1 is 1.33 bits per heavy atom. The van der Waals surface area contributed by atoms with Gasteiger partial charge in [0.25, 0.3) is 0 Å². The van der Waals surface area contributed by atoms with Crippen LogP contribution in [-0.4, -0.2) is 17.8 Å². The van der Waals surface area contributed by atoms with E-state index in [9.17, 15) is 18.3 Å². The number of nitrogens with one attached hydrogen (secondary N) is 1. The van der Waals surface area contributed by atoms with Crippen molar-refractivity contribution in [2.75, 3.05) is 6.54 Å². The van der Waals surface area contributed by atoms with Crippen LogP contribution in [0.15, 0.2) is 18.2 Å². The van der Waals surface area contributed by atoms with Crippen LogP contribution in [0.2, 0.25) is 5.02 Å². The Balaban J connectivity index is 2.54. The first-order valence-electron chi connectivity index (χ1n) is 4.13. The van der Waals surface area contributed by atoms with Gasteiger partial charge in [0, 0.05) is 17.1 Å². The highest BCUT2D eigenvalue weighted by Gasteiger charge is 2.26. The minimum absolute atomic E-state index is 0.0749. The van der Waals surface area contributed by atoms with Crippen molar-refractivity contribution >= 4 is 11.6 Å². The largest absolute Gasteiger partial charge is 0.508 e. The van der Waals surface area contributed by atoms with E-state index in [-0.39, 0.29) is 12.3 Å². The Labute approximate surface area is 89.7 Å². The molecule has 84 valence electrons. The third kappa shape index (κ3) is 4.40. The molecule has 0 aromatic heterocycles. The summed E-state index contributed by atoms with van der Waals surface area (Å²) in [5.74, 6) is -0.0749. The maximum Gasteiger partial charge on any atom is 0.401 e. The molecule has 0 aliphatic rings. The van der Waals surface area contributed by atoms with Crippen molar-refractivity contribution in [3.05, 3.63) is 28.8 Å². The van der Waals surface area contributed by atoms with Gasteiger partial charge in [0.15, 0.2) is 0 Å². The van der Waals surface area contributed by atoms with Gasteiger partial charge in [-0.3, -0.25) is 0 Å². The summed E-state index contributed by atoms with van der Waals surface area (Å²) in [6.45, 7) is -1.18. The Hall–Kier alpha value is -0.940. The molecule has 2 N–H and O–H groups in total. The summed E-state index contributed by atoms with van der Waals surface area (Å²) < 4.78 is 35.4. The Morgan fingerprint density at radius 3 is 2.60 bits per heavy atom. The van der Waals surface area contributed by atoms with E-state index in [2.05, 4.69) is 5.32 Å². The topological polar surface area (TPSA) is 32.3 Å². The van der Waals surface area contributed by atoms with Gasteiger partial charge in [-0.25, -0.2) is 0 Å². The second kappa shape index (κ2) is 4.72. The van der Waals surface area contributed by atoms with Gasteiger partial charge in [-0.15, -0.1) is 0 Å². The smallest absolute Gasteiger partial charge is 0.401 e. The second-order valence-corrected chi connectivity index (χ2v) is 3.43. The van der Waals surface area contributed by atoms with E-state index in [0.29, 0.717) is 10.6 Å². The van der Waals surface area contributed by atoms with Crippen molar-refractivity contribution < 1.29 is 18.3 Å². The maximum absolute atomic E-state index is 11.8. The van der Waals surface area contributed by atoms with Gasteiger partial charge < -0.3 is 10.4 Å². The quantitative estimate of drug-likeness (QED) is 0.850. The fourth-order valence-electron chi connectivity index (χ4n) is 1.03. The van der Waals surface area contributed by atoms with Gasteiger partial charge in [-0.05, 0) is 18.2 Å². The molecule has 0 amide bonds. The zero-order valence-electron chi connectivity index (χ0n) is 7.61. The van der Waals surface area contributed by atoms with Crippen LogP contribution < -0.4 is 5.32 Å². The van der Waals surface area contributed by atoms with Gasteiger partial charge in [0.1, 0.15) is 5.75 Å². The molecule has 6 heteroatoms. The van der Waals surface area contributed by atoms with Crippen molar-refractivity contribution in [2.45, 2.75) is 12.7 Å². The predicted octanol–water partition coefficient (Wildman–Crippen LogP) is 2.70. The van der Waals surface area contributed by atoms with Crippen LogP contribution >= 0.6 is 11.6 Å². The molecule has 2 nitrogen and oxygen atoms in total. The van der Waals surface area contributed by atoms with E-state index in [0.717, 1.165) is 0 Å². The molecule has 0 heterocycles. The number of hydrogen-bond donors (Lipinski definition) is 2. The number of halogens is 4. The van der Waals surface area contributed by atoms with Crippen molar-refractivity contribution in [1.29, 1.82) is 0 Å². The zero-order valence-corrected chi connectivity index (χ0v) is 8.36. The van der Waals surface area contributed by atoms with Gasteiger partial charge in [0.2, 0.25) is 0 Å². The van der Waals surface area contributed by atoms with Crippen LogP contribution in [0.5, 0.6) is 5.75 Å².